The zero-order valence-corrected chi connectivity index (χ0v) is 12.9. The molecule has 0 radical (unpaired) electrons. The van der Waals surface area contributed by atoms with Gasteiger partial charge < -0.3 is 10.6 Å². The molecule has 0 amide bonds. The number of nitrogens with zero attached hydrogens (tertiary/aromatic N) is 2. The lowest BCUT2D eigenvalue weighted by Gasteiger charge is -2.21. The van der Waals surface area contributed by atoms with E-state index in [1.165, 1.54) is 12.5 Å². The standard InChI is InChI=1S/C15H24N4O2/c1-4-11-6-7-12(10(11)3)17-15-13(19(20)21)8-9-14(18-15)16-5-2/h8-12H,4-7H2,1-3H3,(H2,16,17,18). The van der Waals surface area contributed by atoms with Crippen LogP contribution < -0.4 is 10.6 Å². The van der Waals surface area contributed by atoms with Crippen molar-refractivity contribution in [1.29, 1.82) is 0 Å². The maximum atomic E-state index is 11.2. The molecule has 2 rings (SSSR count). The lowest BCUT2D eigenvalue weighted by Crippen LogP contribution is -2.25. The predicted octanol–water partition coefficient (Wildman–Crippen LogP) is 3.66. The molecule has 1 aliphatic carbocycles. The second-order valence-corrected chi connectivity index (χ2v) is 5.71. The van der Waals surface area contributed by atoms with Crippen LogP contribution in [0.3, 0.4) is 0 Å². The molecule has 0 saturated heterocycles. The second kappa shape index (κ2) is 6.74. The number of nitro groups is 1. The molecule has 1 saturated carbocycles. The van der Waals surface area contributed by atoms with Gasteiger partial charge >= 0.3 is 5.69 Å². The van der Waals surface area contributed by atoms with Crippen molar-refractivity contribution in [2.24, 2.45) is 11.8 Å². The van der Waals surface area contributed by atoms with E-state index in [-0.39, 0.29) is 16.7 Å². The number of aromatic nitrogens is 1. The van der Waals surface area contributed by atoms with Crippen LogP contribution in [0.25, 0.3) is 0 Å². The minimum absolute atomic E-state index is 0.0452. The van der Waals surface area contributed by atoms with Crippen LogP contribution in [0, 0.1) is 22.0 Å². The Bertz CT molecular complexity index is 506. The Morgan fingerprint density at radius 2 is 2.14 bits per heavy atom. The minimum atomic E-state index is -0.373. The molecule has 0 aromatic carbocycles. The van der Waals surface area contributed by atoms with Crippen LogP contribution in [-0.4, -0.2) is 22.5 Å². The molecule has 1 aromatic heterocycles. The van der Waals surface area contributed by atoms with E-state index in [0.29, 0.717) is 23.5 Å². The summed E-state index contributed by atoms with van der Waals surface area (Å²) in [4.78, 5) is 15.2. The third-order valence-electron chi connectivity index (χ3n) is 4.50. The lowest BCUT2D eigenvalue weighted by molar-refractivity contribution is -0.384. The van der Waals surface area contributed by atoms with Gasteiger partial charge in [-0.2, -0.15) is 0 Å². The smallest absolute Gasteiger partial charge is 0.311 e. The largest absolute Gasteiger partial charge is 0.370 e. The van der Waals surface area contributed by atoms with Gasteiger partial charge in [0.2, 0.25) is 5.82 Å². The number of nitrogens with one attached hydrogen (secondary N) is 2. The predicted molar refractivity (Wildman–Crippen MR) is 84.6 cm³/mol. The third kappa shape index (κ3) is 3.43. The molecule has 21 heavy (non-hydrogen) atoms. The van der Waals surface area contributed by atoms with Crippen molar-refractivity contribution < 1.29 is 4.92 Å². The molecule has 0 spiro atoms. The highest BCUT2D eigenvalue weighted by Crippen LogP contribution is 2.37. The first-order valence-electron chi connectivity index (χ1n) is 7.72. The van der Waals surface area contributed by atoms with E-state index in [2.05, 4.69) is 29.5 Å². The van der Waals surface area contributed by atoms with Crippen molar-refractivity contribution in [2.45, 2.75) is 46.1 Å². The van der Waals surface area contributed by atoms with Gasteiger partial charge in [0, 0.05) is 18.7 Å². The van der Waals surface area contributed by atoms with Gasteiger partial charge in [0.15, 0.2) is 0 Å². The summed E-state index contributed by atoms with van der Waals surface area (Å²) in [6.07, 6.45) is 3.38. The topological polar surface area (TPSA) is 80.1 Å². The highest BCUT2D eigenvalue weighted by Gasteiger charge is 2.33. The summed E-state index contributed by atoms with van der Waals surface area (Å²) >= 11 is 0. The van der Waals surface area contributed by atoms with Crippen molar-refractivity contribution in [1.82, 2.24) is 4.98 Å². The fraction of sp³-hybridized carbons (Fsp3) is 0.667. The molecule has 1 fully saturated rings. The average Bonchev–Trinajstić information content (AvgIpc) is 2.80. The van der Waals surface area contributed by atoms with Crippen LogP contribution in [0.5, 0.6) is 0 Å². The maximum absolute atomic E-state index is 11.2. The Morgan fingerprint density at radius 1 is 1.38 bits per heavy atom. The van der Waals surface area contributed by atoms with E-state index >= 15 is 0 Å². The normalized spacial score (nSPS) is 24.8. The average molecular weight is 292 g/mol. The fourth-order valence-corrected chi connectivity index (χ4v) is 3.19. The SMILES string of the molecule is CCNc1ccc([N+](=O)[O-])c(NC2CCC(CC)C2C)n1. The summed E-state index contributed by atoms with van der Waals surface area (Å²) in [6.45, 7) is 7.14. The molecule has 0 bridgehead atoms. The molecule has 2 N–H and O–H groups in total. The van der Waals surface area contributed by atoms with E-state index in [4.69, 9.17) is 0 Å². The van der Waals surface area contributed by atoms with Gasteiger partial charge in [-0.3, -0.25) is 10.1 Å². The Labute approximate surface area is 125 Å². The molecule has 1 aliphatic rings. The summed E-state index contributed by atoms with van der Waals surface area (Å²) < 4.78 is 0. The first-order valence-corrected chi connectivity index (χ1v) is 7.72. The van der Waals surface area contributed by atoms with Gasteiger partial charge in [-0.05, 0) is 37.7 Å². The van der Waals surface area contributed by atoms with Crippen LogP contribution in [0.2, 0.25) is 0 Å². The summed E-state index contributed by atoms with van der Waals surface area (Å²) in [6, 6.07) is 3.43. The summed E-state index contributed by atoms with van der Waals surface area (Å²) in [5, 5.41) is 17.6. The van der Waals surface area contributed by atoms with Crippen molar-refractivity contribution >= 4 is 17.3 Å². The molecule has 3 unspecified atom stereocenters. The first kappa shape index (κ1) is 15.5. The highest BCUT2D eigenvalue weighted by atomic mass is 16.6. The monoisotopic (exact) mass is 292 g/mol. The summed E-state index contributed by atoms with van der Waals surface area (Å²) in [5.74, 6) is 2.26. The van der Waals surface area contributed by atoms with E-state index in [0.717, 1.165) is 19.4 Å². The molecule has 6 nitrogen and oxygen atoms in total. The van der Waals surface area contributed by atoms with Crippen LogP contribution in [0.15, 0.2) is 12.1 Å². The van der Waals surface area contributed by atoms with Crippen molar-refractivity contribution in [3.8, 4) is 0 Å². The summed E-state index contributed by atoms with van der Waals surface area (Å²) in [5.41, 5.74) is 0.0452. The van der Waals surface area contributed by atoms with E-state index in [1.807, 2.05) is 6.92 Å². The lowest BCUT2D eigenvalue weighted by atomic mass is 9.93. The van der Waals surface area contributed by atoms with Crippen LogP contribution in [-0.2, 0) is 0 Å². The van der Waals surface area contributed by atoms with Gasteiger partial charge in [0.1, 0.15) is 5.82 Å². The van der Waals surface area contributed by atoms with Gasteiger partial charge in [-0.1, -0.05) is 20.3 Å². The number of hydrogen-bond donors (Lipinski definition) is 2. The van der Waals surface area contributed by atoms with E-state index < -0.39 is 0 Å². The van der Waals surface area contributed by atoms with Gasteiger partial charge in [0.05, 0.1) is 4.92 Å². The Kier molecular flexibility index (Phi) is 4.98. The number of hydrogen-bond acceptors (Lipinski definition) is 5. The van der Waals surface area contributed by atoms with Crippen molar-refractivity contribution in [3.63, 3.8) is 0 Å². The van der Waals surface area contributed by atoms with Crippen LogP contribution in [0.1, 0.15) is 40.0 Å². The highest BCUT2D eigenvalue weighted by molar-refractivity contribution is 5.60. The molecular formula is C15H24N4O2. The zero-order valence-electron chi connectivity index (χ0n) is 12.9. The summed E-state index contributed by atoms with van der Waals surface area (Å²) in [7, 11) is 0. The Morgan fingerprint density at radius 3 is 2.71 bits per heavy atom. The van der Waals surface area contributed by atoms with Crippen molar-refractivity contribution in [3.05, 3.63) is 22.2 Å². The van der Waals surface area contributed by atoms with Crippen LogP contribution in [0.4, 0.5) is 17.3 Å². The van der Waals surface area contributed by atoms with E-state index in [1.54, 1.807) is 6.07 Å². The minimum Gasteiger partial charge on any atom is -0.370 e. The quantitative estimate of drug-likeness (QED) is 0.618. The van der Waals surface area contributed by atoms with Gasteiger partial charge in [-0.15, -0.1) is 0 Å². The zero-order chi connectivity index (χ0) is 15.4. The number of rotatable bonds is 6. The Balaban J connectivity index is 2.21. The van der Waals surface area contributed by atoms with Crippen LogP contribution >= 0.6 is 0 Å². The molecule has 1 heterocycles. The number of anilines is 2. The third-order valence-corrected chi connectivity index (χ3v) is 4.50. The molecular weight excluding hydrogens is 268 g/mol. The first-order chi connectivity index (χ1) is 10.1. The van der Waals surface area contributed by atoms with Gasteiger partial charge in [-0.25, -0.2) is 4.98 Å². The van der Waals surface area contributed by atoms with E-state index in [9.17, 15) is 10.1 Å². The Hall–Kier alpha value is -1.85. The molecule has 1 aromatic rings. The maximum Gasteiger partial charge on any atom is 0.311 e. The fourth-order valence-electron chi connectivity index (χ4n) is 3.19. The molecule has 0 aliphatic heterocycles. The molecule has 3 atom stereocenters. The number of pyridine rings is 1. The molecule has 116 valence electrons. The van der Waals surface area contributed by atoms with Gasteiger partial charge in [0.25, 0.3) is 0 Å². The van der Waals surface area contributed by atoms with Crippen molar-refractivity contribution in [2.75, 3.05) is 17.2 Å². The molecule has 6 heteroatoms. The second-order valence-electron chi connectivity index (χ2n) is 5.71.